The molecule has 1 saturated heterocycles. The van der Waals surface area contributed by atoms with Gasteiger partial charge < -0.3 is 10.2 Å². The lowest BCUT2D eigenvalue weighted by Crippen LogP contribution is -2.43. The molecule has 6 nitrogen and oxygen atoms in total. The SMILES string of the molecule is Cc1cc(CNC(=O)C2CC(=O)N(C(C)(C)C)C2)n(C)n1. The first kappa shape index (κ1) is 15.5. The van der Waals surface area contributed by atoms with E-state index in [-0.39, 0.29) is 23.3 Å². The predicted molar refractivity (Wildman–Crippen MR) is 79.4 cm³/mol. The third-order valence-electron chi connectivity index (χ3n) is 3.85. The Morgan fingerprint density at radius 1 is 1.48 bits per heavy atom. The molecule has 0 aliphatic carbocycles. The molecule has 0 radical (unpaired) electrons. The minimum atomic E-state index is -0.258. The van der Waals surface area contributed by atoms with Gasteiger partial charge in [-0.05, 0) is 33.8 Å². The maximum absolute atomic E-state index is 12.2. The molecule has 1 aromatic rings. The highest BCUT2D eigenvalue weighted by Crippen LogP contribution is 2.25. The number of likely N-dealkylation sites (tertiary alicyclic amines) is 1. The smallest absolute Gasteiger partial charge is 0.225 e. The summed E-state index contributed by atoms with van der Waals surface area (Å²) in [4.78, 5) is 26.0. The molecule has 1 aliphatic heterocycles. The van der Waals surface area contributed by atoms with Crippen molar-refractivity contribution in [3.05, 3.63) is 17.5 Å². The number of hydrogen-bond donors (Lipinski definition) is 1. The first-order valence-corrected chi connectivity index (χ1v) is 7.26. The predicted octanol–water partition coefficient (Wildman–Crippen LogP) is 0.992. The molecule has 0 aromatic carbocycles. The average Bonchev–Trinajstić information content (AvgIpc) is 2.89. The minimum absolute atomic E-state index is 0.0547. The zero-order valence-electron chi connectivity index (χ0n) is 13.4. The first-order chi connectivity index (χ1) is 9.68. The Labute approximate surface area is 125 Å². The van der Waals surface area contributed by atoms with Crippen LogP contribution in [0, 0.1) is 12.8 Å². The fourth-order valence-corrected chi connectivity index (χ4v) is 2.68. The summed E-state index contributed by atoms with van der Waals surface area (Å²) >= 11 is 0. The van der Waals surface area contributed by atoms with Crippen LogP contribution in [-0.2, 0) is 23.2 Å². The summed E-state index contributed by atoms with van der Waals surface area (Å²) in [5.41, 5.74) is 1.65. The summed E-state index contributed by atoms with van der Waals surface area (Å²) in [5.74, 6) is -0.265. The molecule has 1 N–H and O–H groups in total. The van der Waals surface area contributed by atoms with Crippen LogP contribution in [0.4, 0.5) is 0 Å². The van der Waals surface area contributed by atoms with Gasteiger partial charge in [0.25, 0.3) is 0 Å². The molecule has 1 unspecified atom stereocenters. The molecule has 21 heavy (non-hydrogen) atoms. The standard InChI is InChI=1S/C15H24N4O2/c1-10-6-12(18(5)17-10)8-16-14(21)11-7-13(20)19(9-11)15(2,3)4/h6,11H,7-9H2,1-5H3,(H,16,21). The number of rotatable bonds is 3. The number of amides is 2. The number of nitrogens with zero attached hydrogens (tertiary/aromatic N) is 3. The summed E-state index contributed by atoms with van der Waals surface area (Å²) in [6.07, 6.45) is 0.299. The third kappa shape index (κ3) is 3.43. The quantitative estimate of drug-likeness (QED) is 0.903. The molecule has 2 rings (SSSR count). The summed E-state index contributed by atoms with van der Waals surface area (Å²) in [6.45, 7) is 8.83. The second-order valence-corrected chi connectivity index (χ2v) is 6.69. The number of carbonyl (C=O) groups excluding carboxylic acids is 2. The maximum Gasteiger partial charge on any atom is 0.225 e. The largest absolute Gasteiger partial charge is 0.350 e. The number of hydrogen-bond acceptors (Lipinski definition) is 3. The van der Waals surface area contributed by atoms with Crippen molar-refractivity contribution >= 4 is 11.8 Å². The summed E-state index contributed by atoms with van der Waals surface area (Å²) in [5, 5.41) is 7.15. The van der Waals surface area contributed by atoms with Crippen molar-refractivity contribution in [1.82, 2.24) is 20.0 Å². The van der Waals surface area contributed by atoms with Crippen molar-refractivity contribution in [2.45, 2.75) is 46.2 Å². The second kappa shape index (κ2) is 5.50. The van der Waals surface area contributed by atoms with Crippen molar-refractivity contribution in [1.29, 1.82) is 0 Å². The summed E-state index contributed by atoms with van der Waals surface area (Å²) < 4.78 is 1.76. The van der Waals surface area contributed by atoms with Gasteiger partial charge in [0.05, 0.1) is 23.9 Å². The van der Waals surface area contributed by atoms with Crippen LogP contribution in [0.2, 0.25) is 0 Å². The van der Waals surface area contributed by atoms with E-state index in [2.05, 4.69) is 10.4 Å². The average molecular weight is 292 g/mol. The molecule has 1 aromatic heterocycles. The van der Waals surface area contributed by atoms with Crippen LogP contribution < -0.4 is 5.32 Å². The molecule has 6 heteroatoms. The molecule has 1 atom stereocenters. The van der Waals surface area contributed by atoms with Gasteiger partial charge in [-0.1, -0.05) is 0 Å². The topological polar surface area (TPSA) is 67.2 Å². The lowest BCUT2D eigenvalue weighted by atomic mass is 10.1. The number of aryl methyl sites for hydroxylation is 2. The highest BCUT2D eigenvalue weighted by atomic mass is 16.2. The lowest BCUT2D eigenvalue weighted by molar-refractivity contribution is -0.132. The van der Waals surface area contributed by atoms with Gasteiger partial charge in [-0.25, -0.2) is 0 Å². The molecule has 0 bridgehead atoms. The molecule has 1 aliphatic rings. The highest BCUT2D eigenvalue weighted by Gasteiger charge is 2.39. The molecule has 0 spiro atoms. The minimum Gasteiger partial charge on any atom is -0.350 e. The van der Waals surface area contributed by atoms with Gasteiger partial charge in [0.2, 0.25) is 11.8 Å². The third-order valence-corrected chi connectivity index (χ3v) is 3.85. The van der Waals surface area contributed by atoms with E-state index in [0.717, 1.165) is 11.4 Å². The Hall–Kier alpha value is -1.85. The number of nitrogens with one attached hydrogen (secondary N) is 1. The van der Waals surface area contributed by atoms with Gasteiger partial charge in [-0.3, -0.25) is 14.3 Å². The Morgan fingerprint density at radius 2 is 2.14 bits per heavy atom. The highest BCUT2D eigenvalue weighted by molar-refractivity contribution is 5.89. The molecule has 116 valence electrons. The Bertz CT molecular complexity index is 557. The fourth-order valence-electron chi connectivity index (χ4n) is 2.68. The van der Waals surface area contributed by atoms with E-state index in [4.69, 9.17) is 0 Å². The van der Waals surface area contributed by atoms with Gasteiger partial charge in [0.1, 0.15) is 0 Å². The Morgan fingerprint density at radius 3 is 2.62 bits per heavy atom. The van der Waals surface area contributed by atoms with Crippen molar-refractivity contribution in [3.8, 4) is 0 Å². The summed E-state index contributed by atoms with van der Waals surface area (Å²) in [7, 11) is 1.86. The van der Waals surface area contributed by atoms with E-state index in [9.17, 15) is 9.59 Å². The van der Waals surface area contributed by atoms with Crippen molar-refractivity contribution in [2.75, 3.05) is 6.54 Å². The van der Waals surface area contributed by atoms with Crippen LogP contribution >= 0.6 is 0 Å². The van der Waals surface area contributed by atoms with E-state index in [1.807, 2.05) is 40.8 Å². The van der Waals surface area contributed by atoms with Gasteiger partial charge in [-0.2, -0.15) is 5.10 Å². The Kier molecular flexibility index (Phi) is 4.07. The van der Waals surface area contributed by atoms with Gasteiger partial charge in [0.15, 0.2) is 0 Å². The zero-order valence-corrected chi connectivity index (χ0v) is 13.4. The van der Waals surface area contributed by atoms with Gasteiger partial charge in [0, 0.05) is 25.6 Å². The zero-order chi connectivity index (χ0) is 15.8. The monoisotopic (exact) mass is 292 g/mol. The first-order valence-electron chi connectivity index (χ1n) is 7.26. The van der Waals surface area contributed by atoms with Crippen LogP contribution in [0.1, 0.15) is 38.6 Å². The van der Waals surface area contributed by atoms with E-state index < -0.39 is 0 Å². The molecule has 0 saturated carbocycles. The number of carbonyl (C=O) groups is 2. The van der Waals surface area contributed by atoms with E-state index in [0.29, 0.717) is 19.5 Å². The van der Waals surface area contributed by atoms with Crippen LogP contribution in [-0.4, -0.2) is 38.6 Å². The second-order valence-electron chi connectivity index (χ2n) is 6.69. The van der Waals surface area contributed by atoms with E-state index in [1.165, 1.54) is 0 Å². The van der Waals surface area contributed by atoms with Crippen molar-refractivity contribution in [2.24, 2.45) is 13.0 Å². The van der Waals surface area contributed by atoms with Crippen LogP contribution in [0.25, 0.3) is 0 Å². The molecule has 2 heterocycles. The van der Waals surface area contributed by atoms with Crippen LogP contribution in [0.5, 0.6) is 0 Å². The van der Waals surface area contributed by atoms with Crippen LogP contribution in [0.3, 0.4) is 0 Å². The fraction of sp³-hybridized carbons (Fsp3) is 0.667. The van der Waals surface area contributed by atoms with Crippen molar-refractivity contribution < 1.29 is 9.59 Å². The molecule has 1 fully saturated rings. The van der Waals surface area contributed by atoms with E-state index >= 15 is 0 Å². The van der Waals surface area contributed by atoms with Gasteiger partial charge in [-0.15, -0.1) is 0 Å². The van der Waals surface area contributed by atoms with Crippen molar-refractivity contribution in [3.63, 3.8) is 0 Å². The normalized spacial score (nSPS) is 19.2. The number of aromatic nitrogens is 2. The lowest BCUT2D eigenvalue weighted by Gasteiger charge is -2.31. The maximum atomic E-state index is 12.2. The summed E-state index contributed by atoms with van der Waals surface area (Å²) in [6, 6.07) is 1.95. The molecular formula is C15H24N4O2. The van der Waals surface area contributed by atoms with E-state index in [1.54, 1.807) is 9.58 Å². The molecule has 2 amide bonds. The Balaban J connectivity index is 1.93. The van der Waals surface area contributed by atoms with Gasteiger partial charge >= 0.3 is 0 Å². The molecular weight excluding hydrogens is 268 g/mol. The van der Waals surface area contributed by atoms with Crippen LogP contribution in [0.15, 0.2) is 6.07 Å².